The molecule has 1 aromatic carbocycles. The Kier molecular flexibility index (Phi) is 5.78. The molecule has 0 radical (unpaired) electrons. The molecule has 2 atom stereocenters. The summed E-state index contributed by atoms with van der Waals surface area (Å²) in [6.45, 7) is 2.21. The number of para-hydroxylation sites is 2. The minimum atomic E-state index is -0.396. The molecule has 158 valence electrons. The van der Waals surface area contributed by atoms with Crippen molar-refractivity contribution < 1.29 is 19.1 Å². The van der Waals surface area contributed by atoms with E-state index in [0.717, 1.165) is 31.1 Å². The molecule has 4 fully saturated rings. The average Bonchev–Trinajstić information content (AvgIpc) is 2.63. The highest BCUT2D eigenvalue weighted by atomic mass is 79.9. The van der Waals surface area contributed by atoms with Crippen LogP contribution >= 0.6 is 15.9 Å². The zero-order chi connectivity index (χ0) is 20.5. The zero-order valence-electron chi connectivity index (χ0n) is 16.8. The van der Waals surface area contributed by atoms with Crippen LogP contribution in [-0.4, -0.2) is 29.4 Å². The maximum absolute atomic E-state index is 12.5. The van der Waals surface area contributed by atoms with Gasteiger partial charge in [0.05, 0.1) is 6.61 Å². The number of ether oxygens (including phenoxy) is 2. The number of hydrazine groups is 1. The summed E-state index contributed by atoms with van der Waals surface area (Å²) in [5, 5.41) is 0. The molecule has 1 aromatic rings. The molecule has 5 rings (SSSR count). The van der Waals surface area contributed by atoms with Crippen LogP contribution in [0.2, 0.25) is 0 Å². The topological polar surface area (TPSA) is 76.7 Å². The van der Waals surface area contributed by atoms with E-state index in [-0.39, 0.29) is 22.3 Å². The smallest absolute Gasteiger partial charge is 0.276 e. The Morgan fingerprint density at radius 2 is 1.66 bits per heavy atom. The third-order valence-electron chi connectivity index (χ3n) is 6.50. The molecule has 0 aliphatic heterocycles. The van der Waals surface area contributed by atoms with Gasteiger partial charge in [-0.1, -0.05) is 28.1 Å². The lowest BCUT2D eigenvalue weighted by Gasteiger charge is -2.60. The van der Waals surface area contributed by atoms with Gasteiger partial charge in [-0.05, 0) is 74.8 Å². The van der Waals surface area contributed by atoms with Crippen LogP contribution in [0, 0.1) is 17.3 Å². The van der Waals surface area contributed by atoms with Crippen LogP contribution in [0.3, 0.4) is 0 Å². The predicted molar refractivity (Wildman–Crippen MR) is 113 cm³/mol. The molecule has 2 unspecified atom stereocenters. The molecule has 7 heteroatoms. The van der Waals surface area contributed by atoms with Crippen molar-refractivity contribution in [2.24, 2.45) is 17.3 Å². The molecule has 4 saturated carbocycles. The van der Waals surface area contributed by atoms with Crippen LogP contribution < -0.4 is 20.3 Å². The zero-order valence-corrected chi connectivity index (χ0v) is 18.4. The van der Waals surface area contributed by atoms with Crippen molar-refractivity contribution in [2.75, 3.05) is 13.2 Å². The number of rotatable bonds is 7. The summed E-state index contributed by atoms with van der Waals surface area (Å²) in [6.07, 6.45) is 7.60. The fraction of sp³-hybridized carbons (Fsp3) is 0.636. The van der Waals surface area contributed by atoms with Gasteiger partial charge in [-0.3, -0.25) is 20.4 Å². The van der Waals surface area contributed by atoms with E-state index < -0.39 is 5.91 Å². The summed E-state index contributed by atoms with van der Waals surface area (Å²) in [5.74, 6) is 2.05. The molecule has 0 saturated heterocycles. The standard InChI is InChI=1S/C22H29BrN2O4/c1-2-28-17-5-3-4-6-18(17)29-13-20(27)25-24-19(26)12-21-8-15-7-16(9-21)11-22(23,10-15)14-21/h3-6,15-16H,2,7-14H2,1H3,(H,24,26)(H,25,27). The molecule has 0 heterocycles. The van der Waals surface area contributed by atoms with Gasteiger partial charge >= 0.3 is 0 Å². The van der Waals surface area contributed by atoms with Crippen molar-refractivity contribution in [3.8, 4) is 11.5 Å². The number of hydrogen-bond acceptors (Lipinski definition) is 4. The first-order valence-electron chi connectivity index (χ1n) is 10.5. The largest absolute Gasteiger partial charge is 0.490 e. The lowest BCUT2D eigenvalue weighted by molar-refractivity contribution is -0.134. The van der Waals surface area contributed by atoms with E-state index in [4.69, 9.17) is 9.47 Å². The Balaban J connectivity index is 1.25. The maximum Gasteiger partial charge on any atom is 0.276 e. The van der Waals surface area contributed by atoms with Gasteiger partial charge in [0.2, 0.25) is 5.91 Å². The van der Waals surface area contributed by atoms with Crippen LogP contribution in [0.5, 0.6) is 11.5 Å². The molecule has 29 heavy (non-hydrogen) atoms. The number of carbonyl (C=O) groups excluding carboxylic acids is 2. The van der Waals surface area contributed by atoms with E-state index in [1.54, 1.807) is 12.1 Å². The van der Waals surface area contributed by atoms with E-state index >= 15 is 0 Å². The van der Waals surface area contributed by atoms with Gasteiger partial charge in [0, 0.05) is 10.7 Å². The van der Waals surface area contributed by atoms with E-state index in [1.807, 2.05) is 19.1 Å². The number of nitrogens with one attached hydrogen (secondary N) is 2. The third-order valence-corrected chi connectivity index (χ3v) is 7.42. The van der Waals surface area contributed by atoms with Crippen LogP contribution in [0.4, 0.5) is 0 Å². The molecule has 4 aliphatic carbocycles. The molecule has 4 bridgehead atoms. The summed E-state index contributed by atoms with van der Waals surface area (Å²) in [7, 11) is 0. The average molecular weight is 465 g/mol. The van der Waals surface area contributed by atoms with E-state index in [1.165, 1.54) is 19.3 Å². The SMILES string of the molecule is CCOc1ccccc1OCC(=O)NNC(=O)CC12CC3CC(CC(Br)(C3)C1)C2. The molecule has 6 nitrogen and oxygen atoms in total. The summed E-state index contributed by atoms with van der Waals surface area (Å²) >= 11 is 3.98. The van der Waals surface area contributed by atoms with Crippen molar-refractivity contribution in [2.45, 2.75) is 56.2 Å². The Labute approximate surface area is 180 Å². The quantitative estimate of drug-likeness (QED) is 0.475. The lowest BCUT2D eigenvalue weighted by Crippen LogP contribution is -2.55. The second-order valence-electron chi connectivity index (χ2n) is 9.05. The van der Waals surface area contributed by atoms with Gasteiger partial charge < -0.3 is 9.47 Å². The Morgan fingerprint density at radius 1 is 1.03 bits per heavy atom. The maximum atomic E-state index is 12.5. The van der Waals surface area contributed by atoms with Crippen molar-refractivity contribution in [3.05, 3.63) is 24.3 Å². The van der Waals surface area contributed by atoms with Gasteiger partial charge in [0.15, 0.2) is 18.1 Å². The summed E-state index contributed by atoms with van der Waals surface area (Å²) in [4.78, 5) is 24.7. The highest BCUT2D eigenvalue weighted by Gasteiger charge is 2.57. The fourth-order valence-electron chi connectivity index (χ4n) is 6.09. The van der Waals surface area contributed by atoms with Crippen molar-refractivity contribution in [1.82, 2.24) is 10.9 Å². The van der Waals surface area contributed by atoms with Gasteiger partial charge in [-0.2, -0.15) is 0 Å². The predicted octanol–water partition coefficient (Wildman–Crippen LogP) is 3.74. The summed E-state index contributed by atoms with van der Waals surface area (Å²) in [5.41, 5.74) is 5.14. The monoisotopic (exact) mass is 464 g/mol. The Morgan fingerprint density at radius 3 is 2.28 bits per heavy atom. The minimum absolute atomic E-state index is 0.0787. The number of benzene rings is 1. The van der Waals surface area contributed by atoms with Gasteiger partial charge in [-0.15, -0.1) is 0 Å². The highest BCUT2D eigenvalue weighted by Crippen LogP contribution is 2.65. The van der Waals surface area contributed by atoms with Crippen LogP contribution in [0.15, 0.2) is 24.3 Å². The minimum Gasteiger partial charge on any atom is -0.490 e. The first-order chi connectivity index (χ1) is 13.9. The van der Waals surface area contributed by atoms with Gasteiger partial charge in [0.25, 0.3) is 5.91 Å². The molecular weight excluding hydrogens is 436 g/mol. The van der Waals surface area contributed by atoms with E-state index in [0.29, 0.717) is 24.5 Å². The molecule has 2 amide bonds. The lowest BCUT2D eigenvalue weighted by atomic mass is 9.48. The van der Waals surface area contributed by atoms with Crippen LogP contribution in [0.25, 0.3) is 0 Å². The molecule has 0 spiro atoms. The summed E-state index contributed by atoms with van der Waals surface area (Å²) < 4.78 is 11.2. The second-order valence-corrected chi connectivity index (χ2v) is 10.7. The first kappa shape index (κ1) is 20.5. The summed E-state index contributed by atoms with van der Waals surface area (Å²) in [6, 6.07) is 7.21. The number of carbonyl (C=O) groups is 2. The van der Waals surface area contributed by atoms with E-state index in [9.17, 15) is 9.59 Å². The molecule has 4 aliphatic rings. The number of alkyl halides is 1. The van der Waals surface area contributed by atoms with Crippen LogP contribution in [0.1, 0.15) is 51.9 Å². The van der Waals surface area contributed by atoms with Crippen molar-refractivity contribution in [1.29, 1.82) is 0 Å². The third kappa shape index (κ3) is 4.71. The van der Waals surface area contributed by atoms with Gasteiger partial charge in [-0.25, -0.2) is 0 Å². The van der Waals surface area contributed by atoms with Crippen molar-refractivity contribution >= 4 is 27.7 Å². The number of hydrogen-bond donors (Lipinski definition) is 2. The highest BCUT2D eigenvalue weighted by molar-refractivity contribution is 9.10. The number of halogens is 1. The Hall–Kier alpha value is -1.76. The molecule has 2 N–H and O–H groups in total. The fourth-order valence-corrected chi connectivity index (χ4v) is 7.60. The Bertz CT molecular complexity index is 770. The van der Waals surface area contributed by atoms with E-state index in [2.05, 4.69) is 26.8 Å². The second kappa shape index (κ2) is 8.17. The number of amides is 2. The van der Waals surface area contributed by atoms with Crippen molar-refractivity contribution in [3.63, 3.8) is 0 Å². The first-order valence-corrected chi connectivity index (χ1v) is 11.3. The normalized spacial score (nSPS) is 31.9. The van der Waals surface area contributed by atoms with Gasteiger partial charge in [0.1, 0.15) is 0 Å². The van der Waals surface area contributed by atoms with Crippen LogP contribution in [-0.2, 0) is 9.59 Å². The molecular formula is C22H29BrN2O4. The molecule has 0 aromatic heterocycles.